The van der Waals surface area contributed by atoms with Gasteiger partial charge >= 0.3 is 0 Å². The van der Waals surface area contributed by atoms with Gasteiger partial charge in [0.25, 0.3) is 10.0 Å². The molecule has 7 heteroatoms. The van der Waals surface area contributed by atoms with Crippen molar-refractivity contribution in [1.82, 2.24) is 19.6 Å². The first-order valence-electron chi connectivity index (χ1n) is 8.81. The number of likely N-dealkylation sites (tertiary alicyclic amines) is 1. The van der Waals surface area contributed by atoms with Crippen LogP contribution in [0.15, 0.2) is 35.5 Å². The molecule has 1 fully saturated rings. The maximum Gasteiger partial charge on any atom is 0.257 e. The second-order valence-corrected chi connectivity index (χ2v) is 8.32. The number of benzene rings is 1. The number of aryl methyl sites for hydroxylation is 2. The number of imidazole rings is 1. The van der Waals surface area contributed by atoms with Gasteiger partial charge in [0.05, 0.1) is 6.20 Å². The van der Waals surface area contributed by atoms with Gasteiger partial charge in [-0.1, -0.05) is 31.2 Å². The molecule has 136 valence electrons. The number of nitrogens with zero attached hydrogens (tertiary/aromatic N) is 2. The molecule has 0 unspecified atom stereocenters. The average molecular weight is 362 g/mol. The van der Waals surface area contributed by atoms with Gasteiger partial charge in [-0.3, -0.25) is 0 Å². The normalized spacial score (nSPS) is 18.7. The SMILES string of the molecule is CCc1ncc(S(=O)(=O)NCCN2CC[C@H](c3ccccc3C)C2)[nH]1. The molecule has 0 bridgehead atoms. The van der Waals surface area contributed by atoms with Crippen LogP contribution in [0.2, 0.25) is 0 Å². The lowest BCUT2D eigenvalue weighted by molar-refractivity contribution is 0.339. The third-order valence-electron chi connectivity index (χ3n) is 4.85. The topological polar surface area (TPSA) is 78.1 Å². The van der Waals surface area contributed by atoms with E-state index < -0.39 is 10.0 Å². The molecule has 1 aromatic carbocycles. The van der Waals surface area contributed by atoms with E-state index in [0.29, 0.717) is 24.7 Å². The Labute approximate surface area is 149 Å². The number of aromatic amines is 1. The monoisotopic (exact) mass is 362 g/mol. The van der Waals surface area contributed by atoms with E-state index >= 15 is 0 Å². The average Bonchev–Trinajstić information content (AvgIpc) is 3.24. The van der Waals surface area contributed by atoms with Crippen molar-refractivity contribution >= 4 is 10.0 Å². The molecule has 2 aromatic rings. The molecule has 2 heterocycles. The number of H-pyrrole nitrogens is 1. The van der Waals surface area contributed by atoms with Crippen LogP contribution >= 0.6 is 0 Å². The van der Waals surface area contributed by atoms with E-state index in [4.69, 9.17) is 0 Å². The summed E-state index contributed by atoms with van der Waals surface area (Å²) in [7, 11) is -3.51. The molecule has 3 rings (SSSR count). The molecule has 0 aliphatic carbocycles. The number of hydrogen-bond acceptors (Lipinski definition) is 4. The molecule has 2 N–H and O–H groups in total. The summed E-state index contributed by atoms with van der Waals surface area (Å²) in [6.07, 6.45) is 3.19. The molecular formula is C18H26N4O2S. The van der Waals surface area contributed by atoms with Crippen LogP contribution in [0.25, 0.3) is 0 Å². The van der Waals surface area contributed by atoms with Crippen LogP contribution in [0, 0.1) is 6.92 Å². The molecule has 0 amide bonds. The van der Waals surface area contributed by atoms with E-state index in [0.717, 1.165) is 26.1 Å². The summed E-state index contributed by atoms with van der Waals surface area (Å²) in [5.74, 6) is 1.22. The van der Waals surface area contributed by atoms with Crippen molar-refractivity contribution in [1.29, 1.82) is 0 Å². The van der Waals surface area contributed by atoms with Crippen LogP contribution in [0.5, 0.6) is 0 Å². The largest absolute Gasteiger partial charge is 0.332 e. The Kier molecular flexibility index (Phi) is 5.56. The van der Waals surface area contributed by atoms with Crippen LogP contribution in [0.1, 0.15) is 36.2 Å². The number of rotatable bonds is 7. The molecule has 25 heavy (non-hydrogen) atoms. The van der Waals surface area contributed by atoms with E-state index in [-0.39, 0.29) is 5.03 Å². The molecule has 0 saturated carbocycles. The van der Waals surface area contributed by atoms with Crippen molar-refractivity contribution in [2.75, 3.05) is 26.2 Å². The van der Waals surface area contributed by atoms with Crippen molar-refractivity contribution in [3.8, 4) is 0 Å². The van der Waals surface area contributed by atoms with Crippen LogP contribution in [0.3, 0.4) is 0 Å². The Bertz CT molecular complexity index is 816. The Hall–Kier alpha value is -1.70. The van der Waals surface area contributed by atoms with Crippen LogP contribution in [0.4, 0.5) is 0 Å². The predicted molar refractivity (Wildman–Crippen MR) is 98.1 cm³/mol. The first-order chi connectivity index (χ1) is 12.0. The Morgan fingerprint density at radius 1 is 1.36 bits per heavy atom. The minimum atomic E-state index is -3.51. The highest BCUT2D eigenvalue weighted by Crippen LogP contribution is 2.28. The third-order valence-corrected chi connectivity index (χ3v) is 6.22. The lowest BCUT2D eigenvalue weighted by Gasteiger charge is -2.17. The highest BCUT2D eigenvalue weighted by Gasteiger charge is 2.25. The summed E-state index contributed by atoms with van der Waals surface area (Å²) in [4.78, 5) is 9.22. The zero-order valence-electron chi connectivity index (χ0n) is 14.8. The Balaban J connectivity index is 1.51. The summed E-state index contributed by atoms with van der Waals surface area (Å²) in [6.45, 7) is 7.20. The highest BCUT2D eigenvalue weighted by atomic mass is 32.2. The summed E-state index contributed by atoms with van der Waals surface area (Å²) in [5.41, 5.74) is 2.75. The van der Waals surface area contributed by atoms with Crippen molar-refractivity contribution in [3.05, 3.63) is 47.4 Å². The number of aromatic nitrogens is 2. The van der Waals surface area contributed by atoms with E-state index in [1.807, 2.05) is 6.92 Å². The van der Waals surface area contributed by atoms with Gasteiger partial charge in [-0.25, -0.2) is 18.1 Å². The lowest BCUT2D eigenvalue weighted by atomic mass is 9.94. The van der Waals surface area contributed by atoms with Gasteiger partial charge in [-0.2, -0.15) is 0 Å². The van der Waals surface area contributed by atoms with Gasteiger partial charge in [0.15, 0.2) is 5.03 Å². The fourth-order valence-corrected chi connectivity index (χ4v) is 4.37. The van der Waals surface area contributed by atoms with E-state index in [1.165, 1.54) is 17.3 Å². The van der Waals surface area contributed by atoms with Crippen molar-refractivity contribution in [2.24, 2.45) is 0 Å². The molecule has 1 aliphatic rings. The number of sulfonamides is 1. The molecule has 1 aliphatic heterocycles. The molecular weight excluding hydrogens is 336 g/mol. The fraction of sp³-hybridized carbons (Fsp3) is 0.500. The number of nitrogens with one attached hydrogen (secondary N) is 2. The lowest BCUT2D eigenvalue weighted by Crippen LogP contribution is -2.34. The fourth-order valence-electron chi connectivity index (χ4n) is 3.41. The van der Waals surface area contributed by atoms with Crippen molar-refractivity contribution in [3.63, 3.8) is 0 Å². The van der Waals surface area contributed by atoms with Gasteiger partial charge in [0, 0.05) is 26.1 Å². The second-order valence-electron chi connectivity index (χ2n) is 6.59. The molecule has 0 spiro atoms. The van der Waals surface area contributed by atoms with Crippen LogP contribution in [-0.4, -0.2) is 49.5 Å². The van der Waals surface area contributed by atoms with Gasteiger partial charge in [-0.15, -0.1) is 0 Å². The van der Waals surface area contributed by atoms with E-state index in [2.05, 4.69) is 50.8 Å². The molecule has 1 atom stereocenters. The van der Waals surface area contributed by atoms with Crippen LogP contribution < -0.4 is 4.72 Å². The molecule has 6 nitrogen and oxygen atoms in total. The predicted octanol–water partition coefficient (Wildman–Crippen LogP) is 2.05. The van der Waals surface area contributed by atoms with Crippen LogP contribution in [-0.2, 0) is 16.4 Å². The smallest absolute Gasteiger partial charge is 0.257 e. The third kappa shape index (κ3) is 4.29. The molecule has 0 radical (unpaired) electrons. The maximum atomic E-state index is 12.3. The zero-order chi connectivity index (χ0) is 17.9. The maximum absolute atomic E-state index is 12.3. The molecule has 1 saturated heterocycles. The summed E-state index contributed by atoms with van der Waals surface area (Å²) in [5, 5.41) is 0.142. The zero-order valence-corrected chi connectivity index (χ0v) is 15.6. The molecule has 1 aromatic heterocycles. The summed E-state index contributed by atoms with van der Waals surface area (Å²) < 4.78 is 27.2. The van der Waals surface area contributed by atoms with Gasteiger partial charge in [0.1, 0.15) is 5.82 Å². The summed E-state index contributed by atoms with van der Waals surface area (Å²) in [6, 6.07) is 8.52. The standard InChI is InChI=1S/C18H26N4O2S/c1-3-17-19-12-18(21-17)25(23,24)20-9-11-22-10-8-15(13-22)16-7-5-4-6-14(16)2/h4-7,12,15,20H,3,8-11,13H2,1-2H3,(H,19,21)/t15-/m0/s1. The van der Waals surface area contributed by atoms with Gasteiger partial charge in [-0.05, 0) is 36.9 Å². The van der Waals surface area contributed by atoms with Crippen molar-refractivity contribution < 1.29 is 8.42 Å². The summed E-state index contributed by atoms with van der Waals surface area (Å²) >= 11 is 0. The van der Waals surface area contributed by atoms with E-state index in [1.54, 1.807) is 0 Å². The first kappa shape index (κ1) is 18.1. The highest BCUT2D eigenvalue weighted by molar-refractivity contribution is 7.89. The second kappa shape index (κ2) is 7.68. The van der Waals surface area contributed by atoms with Gasteiger partial charge in [0.2, 0.25) is 0 Å². The minimum absolute atomic E-state index is 0.142. The number of hydrogen-bond donors (Lipinski definition) is 2. The Morgan fingerprint density at radius 3 is 2.88 bits per heavy atom. The Morgan fingerprint density at radius 2 is 2.16 bits per heavy atom. The first-order valence-corrected chi connectivity index (χ1v) is 10.3. The van der Waals surface area contributed by atoms with Crippen molar-refractivity contribution in [2.45, 2.75) is 37.6 Å². The van der Waals surface area contributed by atoms with Gasteiger partial charge < -0.3 is 9.88 Å². The van der Waals surface area contributed by atoms with E-state index in [9.17, 15) is 8.42 Å². The quantitative estimate of drug-likeness (QED) is 0.790. The minimum Gasteiger partial charge on any atom is -0.332 e.